The summed E-state index contributed by atoms with van der Waals surface area (Å²) in [4.78, 5) is 12.2. The van der Waals surface area contributed by atoms with Crippen molar-refractivity contribution in [2.75, 3.05) is 13.2 Å². The summed E-state index contributed by atoms with van der Waals surface area (Å²) in [7, 11) is 0. The fourth-order valence-corrected chi connectivity index (χ4v) is 2.50. The number of carbonyl (C=O) groups excluding carboxylic acids is 1. The monoisotopic (exact) mass is 311 g/mol. The van der Waals surface area contributed by atoms with Crippen molar-refractivity contribution in [1.82, 2.24) is 0 Å². The molecule has 0 heterocycles. The van der Waals surface area contributed by atoms with E-state index in [1.807, 2.05) is 18.2 Å². The lowest BCUT2D eigenvalue weighted by Gasteiger charge is -2.22. The molecule has 0 radical (unpaired) electrons. The van der Waals surface area contributed by atoms with Crippen LogP contribution in [0, 0.1) is 0 Å². The highest BCUT2D eigenvalue weighted by atomic mass is 35.5. The molecule has 0 amide bonds. The zero-order valence-corrected chi connectivity index (χ0v) is 14.1. The highest BCUT2D eigenvalue weighted by molar-refractivity contribution is 5.92. The molecule has 0 fully saturated rings. The van der Waals surface area contributed by atoms with Gasteiger partial charge in [0, 0.05) is 6.54 Å². The van der Waals surface area contributed by atoms with Crippen LogP contribution in [0.3, 0.4) is 0 Å². The third-order valence-electron chi connectivity index (χ3n) is 3.27. The van der Waals surface area contributed by atoms with Crippen LogP contribution in [0.15, 0.2) is 18.7 Å². The topological polar surface area (TPSA) is 52.3 Å². The minimum atomic E-state index is -0.295. The van der Waals surface area contributed by atoms with Crippen molar-refractivity contribution in [3.05, 3.63) is 41.0 Å². The third kappa shape index (κ3) is 4.58. The number of esters is 1. The van der Waals surface area contributed by atoms with Gasteiger partial charge >= 0.3 is 5.97 Å². The molecular weight excluding hydrogens is 286 g/mol. The van der Waals surface area contributed by atoms with Crippen molar-refractivity contribution in [2.45, 2.75) is 39.5 Å². The molecule has 118 valence electrons. The summed E-state index contributed by atoms with van der Waals surface area (Å²) >= 11 is 0. The van der Waals surface area contributed by atoms with E-state index in [0.29, 0.717) is 18.0 Å². The van der Waals surface area contributed by atoms with Crippen LogP contribution in [-0.2, 0) is 4.74 Å². The van der Waals surface area contributed by atoms with E-state index in [1.165, 1.54) is 5.56 Å². The standard InChI is InChI=1S/C17H25NO2.ClH/c1-6-13-7-8-14(17(19)20-10-9-18)16(12(4)5)15(13)11(2)3;/h6-8,11-12H,1,9-10,18H2,2-5H3;1H. The Morgan fingerprint density at radius 1 is 1.24 bits per heavy atom. The van der Waals surface area contributed by atoms with Crippen LogP contribution in [0.4, 0.5) is 0 Å². The molecule has 0 aromatic heterocycles. The van der Waals surface area contributed by atoms with Gasteiger partial charge in [0.2, 0.25) is 0 Å². The Kier molecular flexibility index (Phi) is 8.30. The fraction of sp³-hybridized carbons (Fsp3) is 0.471. The molecule has 0 unspecified atom stereocenters. The van der Waals surface area contributed by atoms with E-state index in [1.54, 1.807) is 0 Å². The fourth-order valence-electron chi connectivity index (χ4n) is 2.50. The van der Waals surface area contributed by atoms with Gasteiger partial charge in [-0.1, -0.05) is 46.4 Å². The van der Waals surface area contributed by atoms with Gasteiger partial charge in [-0.3, -0.25) is 0 Å². The number of rotatable bonds is 6. The molecule has 1 aromatic carbocycles. The van der Waals surface area contributed by atoms with Crippen molar-refractivity contribution >= 4 is 24.5 Å². The van der Waals surface area contributed by atoms with E-state index < -0.39 is 0 Å². The van der Waals surface area contributed by atoms with Gasteiger partial charge in [-0.05, 0) is 34.6 Å². The first-order chi connectivity index (χ1) is 9.43. The Bertz CT molecular complexity index is 496. The number of nitrogens with two attached hydrogens (primary N) is 1. The number of ether oxygens (including phenoxy) is 1. The van der Waals surface area contributed by atoms with Gasteiger partial charge in [0.1, 0.15) is 6.61 Å². The van der Waals surface area contributed by atoms with Gasteiger partial charge in [-0.2, -0.15) is 0 Å². The quantitative estimate of drug-likeness (QED) is 0.804. The second-order valence-corrected chi connectivity index (χ2v) is 5.47. The lowest BCUT2D eigenvalue weighted by molar-refractivity contribution is 0.0515. The van der Waals surface area contributed by atoms with Gasteiger partial charge in [0.15, 0.2) is 0 Å². The van der Waals surface area contributed by atoms with Crippen LogP contribution in [-0.4, -0.2) is 19.1 Å². The molecule has 0 bridgehead atoms. The normalized spacial score (nSPS) is 10.4. The van der Waals surface area contributed by atoms with Crippen molar-refractivity contribution in [1.29, 1.82) is 0 Å². The van der Waals surface area contributed by atoms with E-state index in [9.17, 15) is 4.79 Å². The number of hydrogen-bond acceptors (Lipinski definition) is 3. The number of benzene rings is 1. The summed E-state index contributed by atoms with van der Waals surface area (Å²) in [6.45, 7) is 12.9. The average Bonchev–Trinajstić information content (AvgIpc) is 2.42. The molecule has 0 saturated carbocycles. The van der Waals surface area contributed by atoms with Crippen molar-refractivity contribution in [3.8, 4) is 0 Å². The summed E-state index contributed by atoms with van der Waals surface area (Å²) in [5.74, 6) is 0.270. The predicted molar refractivity (Wildman–Crippen MR) is 91.3 cm³/mol. The van der Waals surface area contributed by atoms with Gasteiger partial charge in [0.25, 0.3) is 0 Å². The zero-order chi connectivity index (χ0) is 15.3. The molecule has 21 heavy (non-hydrogen) atoms. The van der Waals surface area contributed by atoms with Crippen LogP contribution >= 0.6 is 12.4 Å². The number of hydrogen-bond donors (Lipinski definition) is 1. The molecule has 2 N–H and O–H groups in total. The molecule has 4 heteroatoms. The van der Waals surface area contributed by atoms with E-state index in [-0.39, 0.29) is 30.9 Å². The van der Waals surface area contributed by atoms with Crippen molar-refractivity contribution < 1.29 is 9.53 Å². The second kappa shape index (κ2) is 8.85. The van der Waals surface area contributed by atoms with Crippen molar-refractivity contribution in [3.63, 3.8) is 0 Å². The third-order valence-corrected chi connectivity index (χ3v) is 3.27. The molecule has 0 spiro atoms. The highest BCUT2D eigenvalue weighted by Crippen LogP contribution is 2.33. The Morgan fingerprint density at radius 3 is 2.24 bits per heavy atom. The minimum absolute atomic E-state index is 0. The zero-order valence-electron chi connectivity index (χ0n) is 13.3. The summed E-state index contributed by atoms with van der Waals surface area (Å²) in [5.41, 5.74) is 9.34. The Morgan fingerprint density at radius 2 is 1.81 bits per heavy atom. The van der Waals surface area contributed by atoms with Crippen molar-refractivity contribution in [2.24, 2.45) is 5.73 Å². The first-order valence-corrected chi connectivity index (χ1v) is 7.10. The lowest BCUT2D eigenvalue weighted by Crippen LogP contribution is -2.17. The van der Waals surface area contributed by atoms with E-state index in [4.69, 9.17) is 10.5 Å². The molecule has 0 aliphatic heterocycles. The van der Waals surface area contributed by atoms with Gasteiger partial charge in [-0.15, -0.1) is 12.4 Å². The molecule has 3 nitrogen and oxygen atoms in total. The van der Waals surface area contributed by atoms with Gasteiger partial charge in [0.05, 0.1) is 5.56 Å². The van der Waals surface area contributed by atoms with Crippen LogP contribution in [0.5, 0.6) is 0 Å². The SMILES string of the molecule is C=Cc1ccc(C(=O)OCCN)c(C(C)C)c1C(C)C.Cl. The van der Waals surface area contributed by atoms with Gasteiger partial charge < -0.3 is 10.5 Å². The summed E-state index contributed by atoms with van der Waals surface area (Å²) in [6, 6.07) is 3.77. The minimum Gasteiger partial charge on any atom is -0.461 e. The molecule has 0 aliphatic carbocycles. The van der Waals surface area contributed by atoms with Crippen LogP contribution in [0.1, 0.15) is 66.6 Å². The van der Waals surface area contributed by atoms with Crippen LogP contribution in [0.2, 0.25) is 0 Å². The first kappa shape index (κ1) is 19.7. The molecule has 0 aliphatic rings. The maximum Gasteiger partial charge on any atom is 0.338 e. The first-order valence-electron chi connectivity index (χ1n) is 7.10. The maximum absolute atomic E-state index is 12.2. The maximum atomic E-state index is 12.2. The van der Waals surface area contributed by atoms with E-state index in [0.717, 1.165) is 11.1 Å². The van der Waals surface area contributed by atoms with E-state index >= 15 is 0 Å². The second-order valence-electron chi connectivity index (χ2n) is 5.47. The molecule has 0 atom stereocenters. The Balaban J connectivity index is 0.00000400. The lowest BCUT2D eigenvalue weighted by atomic mass is 9.83. The average molecular weight is 312 g/mol. The number of carbonyl (C=O) groups is 1. The largest absolute Gasteiger partial charge is 0.461 e. The van der Waals surface area contributed by atoms with Crippen LogP contribution in [0.25, 0.3) is 6.08 Å². The van der Waals surface area contributed by atoms with Gasteiger partial charge in [-0.25, -0.2) is 4.79 Å². The molecule has 1 rings (SSSR count). The highest BCUT2D eigenvalue weighted by Gasteiger charge is 2.21. The Labute approximate surface area is 134 Å². The molecule has 0 saturated heterocycles. The summed E-state index contributed by atoms with van der Waals surface area (Å²) in [5, 5.41) is 0. The molecule has 1 aromatic rings. The predicted octanol–water partition coefficient (Wildman–Crippen LogP) is 4.11. The smallest absolute Gasteiger partial charge is 0.338 e. The summed E-state index contributed by atoms with van der Waals surface area (Å²) < 4.78 is 5.19. The van der Waals surface area contributed by atoms with Crippen LogP contribution < -0.4 is 5.73 Å². The molecular formula is C17H26ClNO2. The summed E-state index contributed by atoms with van der Waals surface area (Å²) in [6.07, 6.45) is 1.84. The van der Waals surface area contributed by atoms with E-state index in [2.05, 4.69) is 34.3 Å². The Hall–Kier alpha value is -1.32. The number of halogens is 1.